The molecule has 0 aromatic heterocycles. The van der Waals surface area contributed by atoms with Gasteiger partial charge in [0, 0.05) is 10.6 Å². The smallest absolute Gasteiger partial charge is 0.411 e. The Labute approximate surface area is 82.6 Å². The fourth-order valence-corrected chi connectivity index (χ4v) is 1.12. The third-order valence-corrected chi connectivity index (χ3v) is 1.75. The molecule has 1 aromatic rings. The van der Waals surface area contributed by atoms with Crippen LogP contribution in [0.25, 0.3) is 0 Å². The van der Waals surface area contributed by atoms with Gasteiger partial charge in [0.1, 0.15) is 0 Å². The molecule has 1 aromatic carbocycles. The zero-order valence-electron chi connectivity index (χ0n) is 6.72. The Bertz CT molecular complexity index is 362. The van der Waals surface area contributed by atoms with Crippen molar-refractivity contribution in [2.75, 3.05) is 0 Å². The molecule has 0 radical (unpaired) electrons. The van der Waals surface area contributed by atoms with Crippen LogP contribution >= 0.6 is 11.6 Å². The molecule has 0 unspecified atom stereocenters. The molecule has 1 N–H and O–H groups in total. The topological polar surface area (TPSA) is 32.6 Å². The van der Waals surface area contributed by atoms with Crippen molar-refractivity contribution in [2.24, 2.45) is 5.16 Å². The number of hydrogen-bond acceptors (Lipinski definition) is 2. The maximum absolute atomic E-state index is 12.3. The van der Waals surface area contributed by atoms with Gasteiger partial charge in [0.25, 0.3) is 0 Å². The van der Waals surface area contributed by atoms with Gasteiger partial charge in [-0.25, -0.2) is 0 Å². The molecular formula is C8H5ClF3NO. The van der Waals surface area contributed by atoms with Gasteiger partial charge in [0.2, 0.25) is 0 Å². The molecule has 0 aliphatic heterocycles. The molecule has 0 saturated heterocycles. The van der Waals surface area contributed by atoms with Crippen LogP contribution in [0.3, 0.4) is 0 Å². The number of halogens is 4. The molecule has 6 heteroatoms. The van der Waals surface area contributed by atoms with Crippen molar-refractivity contribution in [2.45, 2.75) is 6.18 Å². The van der Waals surface area contributed by atoms with E-state index in [1.54, 1.807) is 0 Å². The van der Waals surface area contributed by atoms with Crippen molar-refractivity contribution in [3.8, 4) is 0 Å². The second-order valence-electron chi connectivity index (χ2n) is 2.47. The first kappa shape index (κ1) is 10.8. The minimum atomic E-state index is -4.51. The molecule has 1 rings (SSSR count). The minimum Gasteiger partial charge on any atom is -0.411 e. The van der Waals surface area contributed by atoms with Gasteiger partial charge in [-0.3, -0.25) is 0 Å². The standard InChI is InChI=1S/C8H5ClF3NO/c9-6-2-1-5(4-13-14)7(3-6)8(10,11)12/h1-4,14H/b13-4-. The van der Waals surface area contributed by atoms with Gasteiger partial charge in [0.05, 0.1) is 11.8 Å². The van der Waals surface area contributed by atoms with E-state index >= 15 is 0 Å². The van der Waals surface area contributed by atoms with E-state index in [0.717, 1.165) is 12.1 Å². The Morgan fingerprint density at radius 1 is 1.36 bits per heavy atom. The van der Waals surface area contributed by atoms with Crippen molar-refractivity contribution in [1.29, 1.82) is 0 Å². The number of rotatable bonds is 1. The zero-order chi connectivity index (χ0) is 10.8. The zero-order valence-corrected chi connectivity index (χ0v) is 7.47. The molecule has 0 bridgehead atoms. The van der Waals surface area contributed by atoms with Crippen molar-refractivity contribution >= 4 is 17.8 Å². The van der Waals surface area contributed by atoms with Crippen LogP contribution in [-0.2, 0) is 6.18 Å². The number of benzene rings is 1. The molecule has 2 nitrogen and oxygen atoms in total. The van der Waals surface area contributed by atoms with Crippen molar-refractivity contribution < 1.29 is 18.4 Å². The molecule has 76 valence electrons. The highest BCUT2D eigenvalue weighted by atomic mass is 35.5. The van der Waals surface area contributed by atoms with E-state index in [1.807, 2.05) is 0 Å². The molecule has 14 heavy (non-hydrogen) atoms. The Morgan fingerprint density at radius 2 is 2.00 bits per heavy atom. The molecule has 0 amide bonds. The number of nitrogens with zero attached hydrogens (tertiary/aromatic N) is 1. The summed E-state index contributed by atoms with van der Waals surface area (Å²) in [5, 5.41) is 10.7. The van der Waals surface area contributed by atoms with Crippen molar-refractivity contribution in [3.63, 3.8) is 0 Å². The van der Waals surface area contributed by atoms with Gasteiger partial charge < -0.3 is 5.21 Å². The third-order valence-electron chi connectivity index (χ3n) is 1.52. The minimum absolute atomic E-state index is 0.0209. The van der Waals surface area contributed by atoms with Gasteiger partial charge >= 0.3 is 6.18 Å². The van der Waals surface area contributed by atoms with Gasteiger partial charge in [-0.2, -0.15) is 13.2 Å². The Morgan fingerprint density at radius 3 is 2.50 bits per heavy atom. The average Bonchev–Trinajstić information content (AvgIpc) is 2.07. The predicted octanol–water partition coefficient (Wildman–Crippen LogP) is 3.17. The van der Waals surface area contributed by atoms with E-state index in [4.69, 9.17) is 16.8 Å². The first-order valence-electron chi connectivity index (χ1n) is 3.49. The first-order chi connectivity index (χ1) is 6.45. The highest BCUT2D eigenvalue weighted by molar-refractivity contribution is 6.30. The maximum Gasteiger partial charge on any atom is 0.417 e. The number of alkyl halides is 3. The average molecular weight is 224 g/mol. The SMILES string of the molecule is O/N=C\c1ccc(Cl)cc1C(F)(F)F. The van der Waals surface area contributed by atoms with E-state index in [0.29, 0.717) is 6.21 Å². The molecule has 0 fully saturated rings. The van der Waals surface area contributed by atoms with Gasteiger partial charge in [-0.15, -0.1) is 0 Å². The van der Waals surface area contributed by atoms with E-state index in [2.05, 4.69) is 5.16 Å². The summed E-state index contributed by atoms with van der Waals surface area (Å²) in [5.41, 5.74) is -1.16. The highest BCUT2D eigenvalue weighted by Gasteiger charge is 2.33. The third kappa shape index (κ3) is 2.38. The predicted molar refractivity (Wildman–Crippen MR) is 45.8 cm³/mol. The number of oxime groups is 1. The molecule has 0 aliphatic carbocycles. The lowest BCUT2D eigenvalue weighted by atomic mass is 10.1. The molecule has 0 heterocycles. The normalized spacial score (nSPS) is 12.3. The van der Waals surface area contributed by atoms with Crippen molar-refractivity contribution in [1.82, 2.24) is 0 Å². The lowest BCUT2D eigenvalue weighted by Gasteiger charge is -2.09. The summed E-state index contributed by atoms with van der Waals surface area (Å²) in [6.45, 7) is 0. The van der Waals surface area contributed by atoms with E-state index < -0.39 is 11.7 Å². The van der Waals surface area contributed by atoms with Crippen molar-refractivity contribution in [3.05, 3.63) is 34.3 Å². The second-order valence-corrected chi connectivity index (χ2v) is 2.91. The maximum atomic E-state index is 12.3. The lowest BCUT2D eigenvalue weighted by Crippen LogP contribution is -2.08. The van der Waals surface area contributed by atoms with Crippen LogP contribution in [0.1, 0.15) is 11.1 Å². The van der Waals surface area contributed by atoms with Gasteiger partial charge in [-0.05, 0) is 12.1 Å². The summed E-state index contributed by atoms with van der Waals surface area (Å²) < 4.78 is 37.0. The van der Waals surface area contributed by atoms with Crippen LogP contribution in [0.15, 0.2) is 23.4 Å². The van der Waals surface area contributed by atoms with E-state index in [1.165, 1.54) is 6.07 Å². The quantitative estimate of drug-likeness (QED) is 0.443. The molecule has 0 saturated carbocycles. The Balaban J connectivity index is 3.30. The highest BCUT2D eigenvalue weighted by Crippen LogP contribution is 2.33. The summed E-state index contributed by atoms with van der Waals surface area (Å²) in [7, 11) is 0. The summed E-state index contributed by atoms with van der Waals surface area (Å²) >= 11 is 5.42. The van der Waals surface area contributed by atoms with Gasteiger partial charge in [-0.1, -0.05) is 22.8 Å². The monoisotopic (exact) mass is 223 g/mol. The van der Waals surface area contributed by atoms with E-state index in [9.17, 15) is 13.2 Å². The summed E-state index contributed by atoms with van der Waals surface area (Å²) in [6, 6.07) is 3.19. The van der Waals surface area contributed by atoms with Crippen LogP contribution in [0.5, 0.6) is 0 Å². The fourth-order valence-electron chi connectivity index (χ4n) is 0.949. The molecular weight excluding hydrogens is 219 g/mol. The Hall–Kier alpha value is -1.23. The second kappa shape index (κ2) is 3.88. The summed E-state index contributed by atoms with van der Waals surface area (Å²) in [6.07, 6.45) is -3.80. The molecule has 0 aliphatic rings. The molecule has 0 atom stereocenters. The van der Waals surface area contributed by atoms with Crippen LogP contribution < -0.4 is 0 Å². The molecule has 0 spiro atoms. The van der Waals surface area contributed by atoms with Crippen LogP contribution in [0.4, 0.5) is 13.2 Å². The number of hydrogen-bond donors (Lipinski definition) is 1. The van der Waals surface area contributed by atoms with E-state index in [-0.39, 0.29) is 10.6 Å². The van der Waals surface area contributed by atoms with Crippen LogP contribution in [-0.4, -0.2) is 11.4 Å². The van der Waals surface area contributed by atoms with Crippen LogP contribution in [0.2, 0.25) is 5.02 Å². The summed E-state index contributed by atoms with van der Waals surface area (Å²) in [4.78, 5) is 0. The first-order valence-corrected chi connectivity index (χ1v) is 3.87. The van der Waals surface area contributed by atoms with Crippen LogP contribution in [0, 0.1) is 0 Å². The fraction of sp³-hybridized carbons (Fsp3) is 0.125. The summed E-state index contributed by atoms with van der Waals surface area (Å²) in [5.74, 6) is 0. The van der Waals surface area contributed by atoms with Gasteiger partial charge in [0.15, 0.2) is 0 Å². The largest absolute Gasteiger partial charge is 0.417 e. The lowest BCUT2D eigenvalue weighted by molar-refractivity contribution is -0.137. The Kier molecular flexibility index (Phi) is 3.00.